The van der Waals surface area contributed by atoms with Gasteiger partial charge in [0.15, 0.2) is 0 Å². The summed E-state index contributed by atoms with van der Waals surface area (Å²) in [5, 5.41) is 0. The van der Waals surface area contributed by atoms with Gasteiger partial charge in [-0.05, 0) is 73.8 Å². The van der Waals surface area contributed by atoms with Crippen molar-refractivity contribution in [2.24, 2.45) is 28.9 Å². The van der Waals surface area contributed by atoms with Gasteiger partial charge in [-0.15, -0.1) is 0 Å². The Morgan fingerprint density at radius 3 is 2.10 bits per heavy atom. The summed E-state index contributed by atoms with van der Waals surface area (Å²) in [5.41, 5.74) is 8.52. The van der Waals surface area contributed by atoms with Crippen molar-refractivity contribution in [1.82, 2.24) is 0 Å². The molecule has 1 aromatic rings. The molecule has 114 valence electrons. The van der Waals surface area contributed by atoms with Gasteiger partial charge in [-0.2, -0.15) is 0 Å². The zero-order chi connectivity index (χ0) is 14.4. The average molecular weight is 284 g/mol. The molecule has 0 aliphatic heterocycles. The minimum Gasteiger partial charge on any atom is -0.373 e. The fraction of sp³-hybridized carbons (Fsp3) is 0.684. The van der Waals surface area contributed by atoms with Crippen molar-refractivity contribution < 1.29 is 0 Å². The third-order valence-corrected chi connectivity index (χ3v) is 6.54. The standard InChI is InChI=1S/C19H28N2/c1-21(17-5-3-2-4-6-17)13-18(20)19-10-14-7-15(11-19)9-16(8-14)12-19/h2-6,14-16,18H,7-13,20H2,1H3. The van der Waals surface area contributed by atoms with Crippen molar-refractivity contribution in [1.29, 1.82) is 0 Å². The maximum absolute atomic E-state index is 6.77. The molecule has 1 aromatic carbocycles. The lowest BCUT2D eigenvalue weighted by atomic mass is 9.48. The van der Waals surface area contributed by atoms with Crippen LogP contribution in [0.4, 0.5) is 5.69 Å². The normalized spacial score (nSPS) is 38.5. The van der Waals surface area contributed by atoms with Crippen LogP contribution in [0.5, 0.6) is 0 Å². The number of para-hydroxylation sites is 1. The summed E-state index contributed by atoms with van der Waals surface area (Å²) in [6.07, 6.45) is 8.72. The van der Waals surface area contributed by atoms with Gasteiger partial charge >= 0.3 is 0 Å². The van der Waals surface area contributed by atoms with Crippen LogP contribution in [0.15, 0.2) is 30.3 Å². The van der Waals surface area contributed by atoms with Gasteiger partial charge in [0.25, 0.3) is 0 Å². The number of nitrogens with two attached hydrogens (primary N) is 1. The first kappa shape index (κ1) is 13.6. The predicted molar refractivity (Wildman–Crippen MR) is 88.3 cm³/mol. The highest BCUT2D eigenvalue weighted by Crippen LogP contribution is 2.61. The molecular formula is C19H28N2. The van der Waals surface area contributed by atoms with Crippen LogP contribution in [-0.2, 0) is 0 Å². The third kappa shape index (κ3) is 2.38. The van der Waals surface area contributed by atoms with E-state index < -0.39 is 0 Å². The minimum atomic E-state index is 0.330. The van der Waals surface area contributed by atoms with Gasteiger partial charge in [0.2, 0.25) is 0 Å². The van der Waals surface area contributed by atoms with Crippen molar-refractivity contribution in [2.45, 2.75) is 44.6 Å². The van der Waals surface area contributed by atoms with Crippen molar-refractivity contribution in [3.8, 4) is 0 Å². The molecule has 2 nitrogen and oxygen atoms in total. The number of rotatable bonds is 4. The molecule has 0 aromatic heterocycles. The summed E-state index contributed by atoms with van der Waals surface area (Å²) in [4.78, 5) is 2.35. The Bertz CT molecular complexity index is 460. The molecule has 21 heavy (non-hydrogen) atoms. The molecule has 2 N–H and O–H groups in total. The number of hydrogen-bond acceptors (Lipinski definition) is 2. The summed E-state index contributed by atoms with van der Waals surface area (Å²) in [6, 6.07) is 11.0. The molecule has 0 saturated heterocycles. The number of hydrogen-bond donors (Lipinski definition) is 1. The Labute approximate surface area is 128 Å². The van der Waals surface area contributed by atoms with Crippen LogP contribution in [0.1, 0.15) is 38.5 Å². The summed E-state index contributed by atoms with van der Waals surface area (Å²) in [5.74, 6) is 2.97. The van der Waals surface area contributed by atoms with Gasteiger partial charge < -0.3 is 10.6 Å². The monoisotopic (exact) mass is 284 g/mol. The Morgan fingerprint density at radius 2 is 1.57 bits per heavy atom. The molecule has 4 aliphatic rings. The zero-order valence-electron chi connectivity index (χ0n) is 13.2. The first-order valence-corrected chi connectivity index (χ1v) is 8.66. The van der Waals surface area contributed by atoms with E-state index >= 15 is 0 Å². The average Bonchev–Trinajstić information content (AvgIpc) is 2.46. The summed E-state index contributed by atoms with van der Waals surface area (Å²) >= 11 is 0. The molecule has 1 unspecified atom stereocenters. The number of benzene rings is 1. The molecule has 0 heterocycles. The topological polar surface area (TPSA) is 29.3 Å². The number of anilines is 1. The molecule has 1 atom stereocenters. The van der Waals surface area contributed by atoms with Crippen LogP contribution < -0.4 is 10.6 Å². The van der Waals surface area contributed by atoms with Crippen LogP contribution in [0.25, 0.3) is 0 Å². The molecule has 4 bridgehead atoms. The smallest absolute Gasteiger partial charge is 0.0364 e. The first-order chi connectivity index (χ1) is 10.1. The molecule has 0 spiro atoms. The fourth-order valence-electron chi connectivity index (χ4n) is 5.91. The second kappa shape index (κ2) is 5.01. The molecule has 4 aliphatic carbocycles. The van der Waals surface area contributed by atoms with Gasteiger partial charge in [-0.3, -0.25) is 0 Å². The highest BCUT2D eigenvalue weighted by atomic mass is 15.1. The van der Waals surface area contributed by atoms with Gasteiger partial charge in [-0.25, -0.2) is 0 Å². The van der Waals surface area contributed by atoms with E-state index in [4.69, 9.17) is 5.73 Å². The highest BCUT2D eigenvalue weighted by Gasteiger charge is 2.53. The van der Waals surface area contributed by atoms with E-state index in [1.807, 2.05) is 0 Å². The van der Waals surface area contributed by atoms with Crippen molar-refractivity contribution in [2.75, 3.05) is 18.5 Å². The van der Waals surface area contributed by atoms with E-state index in [1.54, 1.807) is 0 Å². The molecule has 4 fully saturated rings. The molecule has 4 saturated carbocycles. The SMILES string of the molecule is CN(CC(N)C12CC3CC(CC(C3)C1)C2)c1ccccc1. The molecule has 0 amide bonds. The van der Waals surface area contributed by atoms with E-state index in [0.29, 0.717) is 11.5 Å². The Morgan fingerprint density at radius 1 is 1.05 bits per heavy atom. The maximum Gasteiger partial charge on any atom is 0.0364 e. The Balaban J connectivity index is 1.49. The van der Waals surface area contributed by atoms with E-state index in [9.17, 15) is 0 Å². The highest BCUT2D eigenvalue weighted by molar-refractivity contribution is 5.45. The Kier molecular flexibility index (Phi) is 3.25. The number of nitrogens with zero attached hydrogens (tertiary/aromatic N) is 1. The predicted octanol–water partition coefficient (Wildman–Crippen LogP) is 3.67. The lowest BCUT2D eigenvalue weighted by molar-refractivity contribution is -0.0653. The lowest BCUT2D eigenvalue weighted by Crippen LogP contribution is -2.57. The van der Waals surface area contributed by atoms with E-state index in [0.717, 1.165) is 24.3 Å². The van der Waals surface area contributed by atoms with Crippen LogP contribution in [0, 0.1) is 23.2 Å². The van der Waals surface area contributed by atoms with Gasteiger partial charge in [0.1, 0.15) is 0 Å². The molecule has 2 heteroatoms. The van der Waals surface area contributed by atoms with Gasteiger partial charge in [-0.1, -0.05) is 18.2 Å². The second-order valence-corrected chi connectivity index (χ2v) is 8.10. The number of likely N-dealkylation sites (N-methyl/N-ethyl adjacent to an activating group) is 1. The van der Waals surface area contributed by atoms with Gasteiger partial charge in [0, 0.05) is 25.3 Å². The largest absolute Gasteiger partial charge is 0.373 e. The van der Waals surface area contributed by atoms with E-state index in [1.165, 1.54) is 44.2 Å². The van der Waals surface area contributed by atoms with E-state index in [2.05, 4.69) is 42.3 Å². The van der Waals surface area contributed by atoms with Crippen LogP contribution >= 0.6 is 0 Å². The fourth-order valence-corrected chi connectivity index (χ4v) is 5.91. The quantitative estimate of drug-likeness (QED) is 0.914. The second-order valence-electron chi connectivity index (χ2n) is 8.10. The van der Waals surface area contributed by atoms with Crippen molar-refractivity contribution in [3.63, 3.8) is 0 Å². The molecular weight excluding hydrogens is 256 g/mol. The summed E-state index contributed by atoms with van der Waals surface area (Å²) < 4.78 is 0. The minimum absolute atomic E-state index is 0.330. The van der Waals surface area contributed by atoms with Crippen molar-refractivity contribution >= 4 is 5.69 Å². The van der Waals surface area contributed by atoms with E-state index in [-0.39, 0.29) is 0 Å². The third-order valence-electron chi connectivity index (χ3n) is 6.54. The van der Waals surface area contributed by atoms with Gasteiger partial charge in [0.05, 0.1) is 0 Å². The lowest BCUT2D eigenvalue weighted by Gasteiger charge is -2.59. The molecule has 5 rings (SSSR count). The van der Waals surface area contributed by atoms with Crippen LogP contribution in [0.3, 0.4) is 0 Å². The zero-order valence-corrected chi connectivity index (χ0v) is 13.2. The molecule has 0 radical (unpaired) electrons. The van der Waals surface area contributed by atoms with Crippen LogP contribution in [0.2, 0.25) is 0 Å². The summed E-state index contributed by atoms with van der Waals surface area (Å²) in [7, 11) is 2.19. The summed E-state index contributed by atoms with van der Waals surface area (Å²) in [6.45, 7) is 0.996. The van der Waals surface area contributed by atoms with Crippen LogP contribution in [-0.4, -0.2) is 19.6 Å². The Hall–Kier alpha value is -1.02. The maximum atomic E-state index is 6.77. The first-order valence-electron chi connectivity index (χ1n) is 8.66. The van der Waals surface area contributed by atoms with Crippen molar-refractivity contribution in [3.05, 3.63) is 30.3 Å².